The van der Waals surface area contributed by atoms with Crippen molar-refractivity contribution in [1.82, 2.24) is 10.0 Å². The van der Waals surface area contributed by atoms with Crippen LogP contribution in [0.3, 0.4) is 0 Å². The van der Waals surface area contributed by atoms with Gasteiger partial charge in [-0.15, -0.1) is 11.3 Å². The summed E-state index contributed by atoms with van der Waals surface area (Å²) in [4.78, 5) is 12.7. The standard InChI is InChI=1S/C16H20N2O4S2/c1-17-24(20,21)16-9-7-14(23-16)11-18-15(19)8-6-12-4-3-5-13(10-12)22-2/h3-5,7,9-10,17H,6,8,11H2,1-2H3,(H,18,19). The number of aryl methyl sites for hydroxylation is 1. The third-order valence-corrected chi connectivity index (χ3v) is 6.40. The zero-order valence-corrected chi connectivity index (χ0v) is 15.2. The van der Waals surface area contributed by atoms with Gasteiger partial charge in [0, 0.05) is 11.3 Å². The Kier molecular flexibility index (Phi) is 6.36. The van der Waals surface area contributed by atoms with Gasteiger partial charge in [-0.25, -0.2) is 13.1 Å². The molecule has 6 nitrogen and oxygen atoms in total. The van der Waals surface area contributed by atoms with E-state index in [4.69, 9.17) is 4.74 Å². The van der Waals surface area contributed by atoms with Crippen LogP contribution in [0.1, 0.15) is 16.9 Å². The number of amides is 1. The van der Waals surface area contributed by atoms with Crippen molar-refractivity contribution in [2.75, 3.05) is 14.2 Å². The third kappa shape index (κ3) is 5.05. The van der Waals surface area contributed by atoms with Crippen LogP contribution in [0.15, 0.2) is 40.6 Å². The molecule has 2 aromatic rings. The number of ether oxygens (including phenoxy) is 1. The maximum absolute atomic E-state index is 11.9. The lowest BCUT2D eigenvalue weighted by molar-refractivity contribution is -0.121. The largest absolute Gasteiger partial charge is 0.497 e. The summed E-state index contributed by atoms with van der Waals surface area (Å²) in [5, 5.41) is 2.81. The smallest absolute Gasteiger partial charge is 0.249 e. The second-order valence-electron chi connectivity index (χ2n) is 5.06. The van der Waals surface area contributed by atoms with Crippen LogP contribution >= 0.6 is 11.3 Å². The molecule has 0 aliphatic carbocycles. The van der Waals surface area contributed by atoms with Crippen LogP contribution in [0, 0.1) is 0 Å². The van der Waals surface area contributed by atoms with Gasteiger partial charge in [-0.1, -0.05) is 12.1 Å². The second kappa shape index (κ2) is 8.27. The minimum atomic E-state index is -3.42. The van der Waals surface area contributed by atoms with Gasteiger partial charge in [-0.05, 0) is 43.3 Å². The maximum Gasteiger partial charge on any atom is 0.249 e. The number of nitrogens with one attached hydrogen (secondary N) is 2. The Balaban J connectivity index is 1.83. The van der Waals surface area contributed by atoms with E-state index in [2.05, 4.69) is 10.0 Å². The van der Waals surface area contributed by atoms with E-state index in [9.17, 15) is 13.2 Å². The van der Waals surface area contributed by atoms with Crippen molar-refractivity contribution >= 4 is 27.3 Å². The highest BCUT2D eigenvalue weighted by atomic mass is 32.2. The predicted octanol–water partition coefficient (Wildman–Crippen LogP) is 1.91. The summed E-state index contributed by atoms with van der Waals surface area (Å²) < 4.78 is 31.0. The van der Waals surface area contributed by atoms with E-state index in [1.807, 2.05) is 24.3 Å². The Bertz CT molecular complexity index is 800. The van der Waals surface area contributed by atoms with Crippen molar-refractivity contribution < 1.29 is 17.9 Å². The number of hydrogen-bond acceptors (Lipinski definition) is 5. The first-order chi connectivity index (χ1) is 11.4. The van der Waals surface area contributed by atoms with E-state index >= 15 is 0 Å². The molecule has 24 heavy (non-hydrogen) atoms. The Morgan fingerprint density at radius 2 is 2.04 bits per heavy atom. The molecule has 1 aromatic heterocycles. The molecule has 0 spiro atoms. The van der Waals surface area contributed by atoms with Crippen LogP contribution in [0.2, 0.25) is 0 Å². The molecule has 0 unspecified atom stereocenters. The Labute approximate surface area is 145 Å². The number of sulfonamides is 1. The van der Waals surface area contributed by atoms with Crippen LogP contribution < -0.4 is 14.8 Å². The molecule has 1 aromatic carbocycles. The quantitative estimate of drug-likeness (QED) is 0.745. The molecule has 0 saturated carbocycles. The molecule has 2 N–H and O–H groups in total. The minimum absolute atomic E-state index is 0.0794. The minimum Gasteiger partial charge on any atom is -0.497 e. The van der Waals surface area contributed by atoms with Gasteiger partial charge in [0.15, 0.2) is 0 Å². The highest BCUT2D eigenvalue weighted by Crippen LogP contribution is 2.21. The molecule has 0 radical (unpaired) electrons. The van der Waals surface area contributed by atoms with E-state index in [1.54, 1.807) is 13.2 Å². The zero-order valence-electron chi connectivity index (χ0n) is 13.5. The fraction of sp³-hybridized carbons (Fsp3) is 0.312. The van der Waals surface area contributed by atoms with Crippen molar-refractivity contribution in [1.29, 1.82) is 0 Å². The Hall–Kier alpha value is -1.90. The number of hydrogen-bond donors (Lipinski definition) is 2. The van der Waals surface area contributed by atoms with Crippen molar-refractivity contribution in [3.05, 3.63) is 46.8 Å². The van der Waals surface area contributed by atoms with Crippen LogP contribution in [-0.4, -0.2) is 28.5 Å². The van der Waals surface area contributed by atoms with Gasteiger partial charge in [0.2, 0.25) is 15.9 Å². The van der Waals surface area contributed by atoms with Gasteiger partial charge in [0.05, 0.1) is 13.7 Å². The molecular formula is C16H20N2O4S2. The normalized spacial score (nSPS) is 11.2. The molecule has 0 saturated heterocycles. The SMILES string of the molecule is CNS(=O)(=O)c1ccc(CNC(=O)CCc2cccc(OC)c2)s1. The average Bonchev–Trinajstić information content (AvgIpc) is 3.08. The van der Waals surface area contributed by atoms with Crippen molar-refractivity contribution in [3.8, 4) is 5.75 Å². The number of thiophene rings is 1. The number of carbonyl (C=O) groups is 1. The first-order valence-corrected chi connectivity index (χ1v) is 9.66. The predicted molar refractivity (Wildman–Crippen MR) is 93.7 cm³/mol. The first-order valence-electron chi connectivity index (χ1n) is 7.36. The number of benzene rings is 1. The Morgan fingerprint density at radius 3 is 2.75 bits per heavy atom. The van der Waals surface area contributed by atoms with Gasteiger partial charge in [0.25, 0.3) is 0 Å². The Morgan fingerprint density at radius 1 is 1.25 bits per heavy atom. The molecule has 0 atom stereocenters. The summed E-state index contributed by atoms with van der Waals surface area (Å²) in [6, 6.07) is 10.8. The van der Waals surface area contributed by atoms with E-state index in [0.717, 1.165) is 27.5 Å². The monoisotopic (exact) mass is 368 g/mol. The highest BCUT2D eigenvalue weighted by Gasteiger charge is 2.14. The summed E-state index contributed by atoms with van der Waals surface area (Å²) >= 11 is 1.14. The van der Waals surface area contributed by atoms with Crippen LogP contribution in [-0.2, 0) is 27.8 Å². The molecule has 0 fully saturated rings. The van der Waals surface area contributed by atoms with Crippen molar-refractivity contribution in [2.24, 2.45) is 0 Å². The third-order valence-electron chi connectivity index (χ3n) is 3.41. The molecule has 130 valence electrons. The lowest BCUT2D eigenvalue weighted by Crippen LogP contribution is -2.22. The first kappa shape index (κ1) is 18.4. The fourth-order valence-electron chi connectivity index (χ4n) is 2.06. The molecule has 8 heteroatoms. The van der Waals surface area contributed by atoms with Gasteiger partial charge in [0.1, 0.15) is 9.96 Å². The molecule has 1 heterocycles. The van der Waals surface area contributed by atoms with Crippen molar-refractivity contribution in [3.63, 3.8) is 0 Å². The summed E-state index contributed by atoms with van der Waals surface area (Å²) in [5.41, 5.74) is 1.03. The second-order valence-corrected chi connectivity index (χ2v) is 8.34. The number of methoxy groups -OCH3 is 1. The van der Waals surface area contributed by atoms with E-state index in [1.165, 1.54) is 13.1 Å². The molecule has 0 aliphatic heterocycles. The van der Waals surface area contributed by atoms with E-state index in [0.29, 0.717) is 19.4 Å². The van der Waals surface area contributed by atoms with Gasteiger partial charge >= 0.3 is 0 Å². The van der Waals surface area contributed by atoms with Crippen LogP contribution in [0.5, 0.6) is 5.75 Å². The highest BCUT2D eigenvalue weighted by molar-refractivity contribution is 7.91. The van der Waals surface area contributed by atoms with Crippen molar-refractivity contribution in [2.45, 2.75) is 23.6 Å². The molecule has 0 bridgehead atoms. The van der Waals surface area contributed by atoms with Crippen LogP contribution in [0.25, 0.3) is 0 Å². The van der Waals surface area contributed by atoms with E-state index in [-0.39, 0.29) is 10.1 Å². The molecule has 2 rings (SSSR count). The summed E-state index contributed by atoms with van der Waals surface area (Å²) in [5.74, 6) is 0.689. The fourth-order valence-corrected chi connectivity index (χ4v) is 4.19. The average molecular weight is 368 g/mol. The van der Waals surface area contributed by atoms with Gasteiger partial charge < -0.3 is 10.1 Å². The lowest BCUT2D eigenvalue weighted by atomic mass is 10.1. The molecule has 0 aliphatic rings. The van der Waals surface area contributed by atoms with Crippen LogP contribution in [0.4, 0.5) is 0 Å². The van der Waals surface area contributed by atoms with Gasteiger partial charge in [-0.2, -0.15) is 0 Å². The summed E-state index contributed by atoms with van der Waals surface area (Å²) in [6.45, 7) is 0.320. The summed E-state index contributed by atoms with van der Waals surface area (Å²) in [6.07, 6.45) is 0.979. The van der Waals surface area contributed by atoms with Gasteiger partial charge in [-0.3, -0.25) is 4.79 Å². The number of rotatable bonds is 8. The lowest BCUT2D eigenvalue weighted by Gasteiger charge is -2.05. The number of carbonyl (C=O) groups excluding carboxylic acids is 1. The van der Waals surface area contributed by atoms with E-state index < -0.39 is 10.0 Å². The maximum atomic E-state index is 11.9. The topological polar surface area (TPSA) is 84.5 Å². The summed E-state index contributed by atoms with van der Waals surface area (Å²) in [7, 11) is -0.448. The molecule has 1 amide bonds. The zero-order chi connectivity index (χ0) is 17.6. The molecular weight excluding hydrogens is 348 g/mol.